The van der Waals surface area contributed by atoms with E-state index >= 15 is 0 Å². The second-order valence-corrected chi connectivity index (χ2v) is 4.28. The van der Waals surface area contributed by atoms with Crippen LogP contribution in [0.3, 0.4) is 0 Å². The summed E-state index contributed by atoms with van der Waals surface area (Å²) in [6.07, 6.45) is 11.8. The molecule has 0 saturated carbocycles. The Hall–Kier alpha value is -0.460. The molecule has 1 nitrogen and oxygen atoms in total. The van der Waals surface area contributed by atoms with E-state index in [9.17, 15) is 0 Å². The van der Waals surface area contributed by atoms with Crippen LogP contribution in [0.25, 0.3) is 0 Å². The van der Waals surface area contributed by atoms with E-state index in [2.05, 4.69) is 24.8 Å². The minimum atomic E-state index is 1.26. The quantitative estimate of drug-likeness (QED) is 0.620. The number of rotatable bonds is 6. The summed E-state index contributed by atoms with van der Waals surface area (Å²) in [6.45, 7) is 7.09. The first-order chi connectivity index (χ1) is 6.88. The highest BCUT2D eigenvalue weighted by Crippen LogP contribution is 2.21. The van der Waals surface area contributed by atoms with Gasteiger partial charge in [-0.15, -0.1) is 0 Å². The molecule has 14 heavy (non-hydrogen) atoms. The lowest BCUT2D eigenvalue weighted by Gasteiger charge is -2.29. The van der Waals surface area contributed by atoms with E-state index in [0.717, 1.165) is 0 Å². The molecule has 0 unspecified atom stereocenters. The molecule has 0 aromatic rings. The van der Waals surface area contributed by atoms with Crippen LogP contribution < -0.4 is 0 Å². The summed E-state index contributed by atoms with van der Waals surface area (Å²) in [5, 5.41) is 0. The molecule has 1 rings (SSSR count). The van der Waals surface area contributed by atoms with Gasteiger partial charge in [0.1, 0.15) is 0 Å². The second kappa shape index (κ2) is 6.92. The summed E-state index contributed by atoms with van der Waals surface area (Å²) in [7, 11) is 0. The first-order valence-corrected chi connectivity index (χ1v) is 6.32. The van der Waals surface area contributed by atoms with Gasteiger partial charge < -0.3 is 4.90 Å². The Morgan fingerprint density at radius 3 is 2.57 bits per heavy atom. The van der Waals surface area contributed by atoms with Crippen LogP contribution in [0.15, 0.2) is 11.8 Å². The Morgan fingerprint density at radius 1 is 1.14 bits per heavy atom. The molecule has 0 aromatic heterocycles. The van der Waals surface area contributed by atoms with Crippen LogP contribution in [0.4, 0.5) is 0 Å². The Morgan fingerprint density at radius 2 is 2.00 bits per heavy atom. The van der Waals surface area contributed by atoms with Crippen molar-refractivity contribution in [2.24, 2.45) is 0 Å². The molecule has 0 aliphatic heterocycles. The molecule has 0 fully saturated rings. The van der Waals surface area contributed by atoms with Crippen LogP contribution in [-0.2, 0) is 0 Å². The van der Waals surface area contributed by atoms with Gasteiger partial charge in [0.2, 0.25) is 0 Å². The normalized spacial score (nSPS) is 16.6. The van der Waals surface area contributed by atoms with Gasteiger partial charge >= 0.3 is 0 Å². The van der Waals surface area contributed by atoms with Crippen molar-refractivity contribution >= 4 is 0 Å². The lowest BCUT2D eigenvalue weighted by atomic mass is 10.0. The zero-order chi connectivity index (χ0) is 10.2. The highest BCUT2D eigenvalue weighted by molar-refractivity contribution is 5.04. The molecule has 0 bridgehead atoms. The molecular weight excluding hydrogens is 170 g/mol. The van der Waals surface area contributed by atoms with Crippen molar-refractivity contribution in [2.75, 3.05) is 13.1 Å². The highest BCUT2D eigenvalue weighted by atomic mass is 15.1. The van der Waals surface area contributed by atoms with Crippen molar-refractivity contribution in [3.05, 3.63) is 11.8 Å². The summed E-state index contributed by atoms with van der Waals surface area (Å²) in [4.78, 5) is 2.61. The van der Waals surface area contributed by atoms with Gasteiger partial charge in [-0.05, 0) is 38.5 Å². The Kier molecular flexibility index (Phi) is 5.74. The molecule has 0 aromatic carbocycles. The van der Waals surface area contributed by atoms with Crippen LogP contribution in [0.2, 0.25) is 0 Å². The van der Waals surface area contributed by atoms with E-state index < -0.39 is 0 Å². The van der Waals surface area contributed by atoms with E-state index in [1.54, 1.807) is 5.70 Å². The molecule has 1 heteroatoms. The van der Waals surface area contributed by atoms with Gasteiger partial charge in [0, 0.05) is 18.8 Å². The van der Waals surface area contributed by atoms with Gasteiger partial charge in [-0.3, -0.25) is 0 Å². The minimum Gasteiger partial charge on any atom is -0.375 e. The molecule has 0 N–H and O–H groups in total. The summed E-state index contributed by atoms with van der Waals surface area (Å²) in [6, 6.07) is 0. The maximum absolute atomic E-state index is 2.61. The largest absolute Gasteiger partial charge is 0.375 e. The molecular formula is C13H25N. The molecule has 0 radical (unpaired) electrons. The van der Waals surface area contributed by atoms with E-state index in [-0.39, 0.29) is 0 Å². The predicted octanol–water partition coefficient (Wildman–Crippen LogP) is 3.96. The fourth-order valence-electron chi connectivity index (χ4n) is 2.13. The van der Waals surface area contributed by atoms with Crippen LogP contribution >= 0.6 is 0 Å². The van der Waals surface area contributed by atoms with Crippen molar-refractivity contribution < 1.29 is 0 Å². The Labute approximate surface area is 89.2 Å². The molecule has 0 atom stereocenters. The van der Waals surface area contributed by atoms with Gasteiger partial charge in [0.05, 0.1) is 0 Å². The average Bonchev–Trinajstić information content (AvgIpc) is 2.25. The topological polar surface area (TPSA) is 3.24 Å². The van der Waals surface area contributed by atoms with Crippen LogP contribution in [0, 0.1) is 0 Å². The van der Waals surface area contributed by atoms with Crippen molar-refractivity contribution in [3.8, 4) is 0 Å². The summed E-state index contributed by atoms with van der Waals surface area (Å²) in [5.41, 5.74) is 1.63. The van der Waals surface area contributed by atoms with Gasteiger partial charge in [0.25, 0.3) is 0 Å². The van der Waals surface area contributed by atoms with Crippen molar-refractivity contribution in [1.29, 1.82) is 0 Å². The molecule has 1 aliphatic rings. The zero-order valence-corrected chi connectivity index (χ0v) is 9.89. The third kappa shape index (κ3) is 3.73. The SMILES string of the molecule is CCCCN(CCC)C1=CCCCC1. The minimum absolute atomic E-state index is 1.26. The first kappa shape index (κ1) is 11.6. The Balaban J connectivity index is 2.42. The monoisotopic (exact) mass is 195 g/mol. The lowest BCUT2D eigenvalue weighted by molar-refractivity contribution is 0.317. The van der Waals surface area contributed by atoms with Gasteiger partial charge in [-0.1, -0.05) is 26.3 Å². The number of unbranched alkanes of at least 4 members (excludes halogenated alkanes) is 1. The van der Waals surface area contributed by atoms with E-state index in [1.165, 1.54) is 58.0 Å². The number of nitrogens with zero attached hydrogens (tertiary/aromatic N) is 1. The van der Waals surface area contributed by atoms with Crippen molar-refractivity contribution in [1.82, 2.24) is 4.90 Å². The maximum Gasteiger partial charge on any atom is 0.0174 e. The number of hydrogen-bond acceptors (Lipinski definition) is 1. The smallest absolute Gasteiger partial charge is 0.0174 e. The van der Waals surface area contributed by atoms with E-state index in [1.807, 2.05) is 0 Å². The number of allylic oxidation sites excluding steroid dienone is 2. The van der Waals surface area contributed by atoms with E-state index in [0.29, 0.717) is 0 Å². The summed E-state index contributed by atoms with van der Waals surface area (Å²) in [5.74, 6) is 0. The highest BCUT2D eigenvalue weighted by Gasteiger charge is 2.10. The van der Waals surface area contributed by atoms with Crippen LogP contribution in [-0.4, -0.2) is 18.0 Å². The standard InChI is InChI=1S/C13H25N/c1-3-5-12-14(11-4-2)13-9-7-6-8-10-13/h9H,3-8,10-12H2,1-2H3. The van der Waals surface area contributed by atoms with E-state index in [4.69, 9.17) is 0 Å². The van der Waals surface area contributed by atoms with Crippen LogP contribution in [0.1, 0.15) is 58.8 Å². The molecule has 0 saturated heterocycles. The molecule has 0 amide bonds. The van der Waals surface area contributed by atoms with Crippen LogP contribution in [0.5, 0.6) is 0 Å². The lowest BCUT2D eigenvalue weighted by Crippen LogP contribution is -2.26. The Bertz CT molecular complexity index is 172. The van der Waals surface area contributed by atoms with Crippen molar-refractivity contribution in [3.63, 3.8) is 0 Å². The third-order valence-electron chi connectivity index (χ3n) is 2.95. The molecule has 0 spiro atoms. The summed E-state index contributed by atoms with van der Waals surface area (Å²) < 4.78 is 0. The van der Waals surface area contributed by atoms with Gasteiger partial charge in [-0.25, -0.2) is 0 Å². The third-order valence-corrected chi connectivity index (χ3v) is 2.95. The molecule has 0 heterocycles. The van der Waals surface area contributed by atoms with Gasteiger partial charge in [0.15, 0.2) is 0 Å². The first-order valence-electron chi connectivity index (χ1n) is 6.32. The molecule has 82 valence electrons. The average molecular weight is 195 g/mol. The zero-order valence-electron chi connectivity index (χ0n) is 9.89. The number of hydrogen-bond donors (Lipinski definition) is 0. The van der Waals surface area contributed by atoms with Gasteiger partial charge in [-0.2, -0.15) is 0 Å². The maximum atomic E-state index is 2.61. The fourth-order valence-corrected chi connectivity index (χ4v) is 2.13. The fraction of sp³-hybridized carbons (Fsp3) is 0.846. The second-order valence-electron chi connectivity index (χ2n) is 4.28. The molecule has 1 aliphatic carbocycles. The van der Waals surface area contributed by atoms with Crippen molar-refractivity contribution in [2.45, 2.75) is 58.8 Å². The summed E-state index contributed by atoms with van der Waals surface area (Å²) >= 11 is 0. The predicted molar refractivity (Wildman–Crippen MR) is 63.3 cm³/mol.